The highest BCUT2D eigenvalue weighted by Crippen LogP contribution is 2.25. The zero-order valence-corrected chi connectivity index (χ0v) is 33.9. The second-order valence-electron chi connectivity index (χ2n) is 14.6. The molecule has 6 aromatic rings. The van der Waals surface area contributed by atoms with Crippen molar-refractivity contribution >= 4 is 24.1 Å². The Kier molecular flexibility index (Phi) is 13.7. The highest BCUT2D eigenvalue weighted by Gasteiger charge is 2.25. The van der Waals surface area contributed by atoms with Gasteiger partial charge in [-0.15, -0.1) is 0 Å². The molecule has 320 valence electrons. The molecule has 14 nitrogen and oxygen atoms in total. The number of amides is 2. The van der Waals surface area contributed by atoms with E-state index in [4.69, 9.17) is 19.3 Å². The quantitative estimate of drug-likeness (QED) is 0.111. The first-order valence-electron chi connectivity index (χ1n) is 20.1. The minimum absolute atomic E-state index is 0.0414. The van der Waals surface area contributed by atoms with Crippen molar-refractivity contribution in [3.63, 3.8) is 0 Å². The maximum absolute atomic E-state index is 14.1. The van der Waals surface area contributed by atoms with Crippen LogP contribution in [0.2, 0.25) is 0 Å². The van der Waals surface area contributed by atoms with Gasteiger partial charge in [0.05, 0.1) is 31.1 Å². The summed E-state index contributed by atoms with van der Waals surface area (Å²) < 4.78 is 47.4. The molecule has 2 amide bonds. The van der Waals surface area contributed by atoms with Crippen LogP contribution in [0.15, 0.2) is 109 Å². The Bertz CT molecular complexity index is 2550. The van der Waals surface area contributed by atoms with Crippen molar-refractivity contribution in [1.82, 2.24) is 29.4 Å². The molecule has 0 spiro atoms. The van der Waals surface area contributed by atoms with Crippen LogP contribution in [0.4, 0.5) is 18.4 Å². The molecule has 0 radical (unpaired) electrons. The van der Waals surface area contributed by atoms with Gasteiger partial charge in [-0.1, -0.05) is 60.7 Å². The molecule has 2 aromatic heterocycles. The Labute approximate surface area is 355 Å². The molecule has 0 fully saturated rings. The third-order valence-corrected chi connectivity index (χ3v) is 10.1. The molecule has 8 rings (SSSR count). The Hall–Kier alpha value is -7.36. The van der Waals surface area contributed by atoms with Gasteiger partial charge in [-0.3, -0.25) is 9.36 Å². The Balaban J connectivity index is 0.000000187. The van der Waals surface area contributed by atoms with Gasteiger partial charge in [0.25, 0.3) is 0 Å². The van der Waals surface area contributed by atoms with Gasteiger partial charge < -0.3 is 29.1 Å². The first-order valence-corrected chi connectivity index (χ1v) is 20.1. The van der Waals surface area contributed by atoms with Crippen molar-refractivity contribution in [1.29, 1.82) is 0 Å². The van der Waals surface area contributed by atoms with Crippen molar-refractivity contribution in [2.24, 2.45) is 0 Å². The van der Waals surface area contributed by atoms with Crippen molar-refractivity contribution in [3.8, 4) is 22.3 Å². The summed E-state index contributed by atoms with van der Waals surface area (Å²) in [6, 6.07) is 31.2. The molecular formula is C46H44F2N6O8. The third kappa shape index (κ3) is 10.9. The number of aromatic nitrogens is 4. The smallest absolute Gasteiger partial charge is 0.410 e. The molecule has 0 saturated carbocycles. The number of esters is 1. The topological polar surface area (TPSA) is 158 Å². The molecule has 16 heteroatoms. The average Bonchev–Trinajstić information content (AvgIpc) is 3.74. The van der Waals surface area contributed by atoms with E-state index in [2.05, 4.69) is 10.2 Å². The summed E-state index contributed by atoms with van der Waals surface area (Å²) in [6.07, 6.45) is 0.264. The predicted octanol–water partition coefficient (Wildman–Crippen LogP) is 8.34. The number of fused-ring (bicyclic) bond motifs is 2. The lowest BCUT2D eigenvalue weighted by Crippen LogP contribution is -2.31. The second-order valence-corrected chi connectivity index (χ2v) is 14.6. The van der Waals surface area contributed by atoms with Crippen LogP contribution in [0.3, 0.4) is 0 Å². The number of carbonyl (C=O) groups excluding carboxylic acids is 3. The van der Waals surface area contributed by atoms with Crippen molar-refractivity contribution in [3.05, 3.63) is 155 Å². The van der Waals surface area contributed by atoms with Crippen LogP contribution in [-0.2, 0) is 53.6 Å². The van der Waals surface area contributed by atoms with Gasteiger partial charge >= 0.3 is 24.1 Å². The van der Waals surface area contributed by atoms with E-state index in [1.165, 1.54) is 35.2 Å². The van der Waals surface area contributed by atoms with E-state index in [-0.39, 0.29) is 50.1 Å². The lowest BCUT2D eigenvalue weighted by molar-refractivity contribution is 0.0517. The number of rotatable bonds is 9. The van der Waals surface area contributed by atoms with Gasteiger partial charge in [-0.25, -0.2) is 28.0 Å². The van der Waals surface area contributed by atoms with E-state index in [0.29, 0.717) is 61.4 Å². The number of aromatic carboxylic acids is 1. The monoisotopic (exact) mass is 846 g/mol. The summed E-state index contributed by atoms with van der Waals surface area (Å²) in [5, 5.41) is 17.4. The number of halogens is 2. The summed E-state index contributed by atoms with van der Waals surface area (Å²) in [7, 11) is 0. The van der Waals surface area contributed by atoms with Gasteiger partial charge in [-0.2, -0.15) is 10.2 Å². The van der Waals surface area contributed by atoms with Gasteiger partial charge in [0.1, 0.15) is 24.8 Å². The van der Waals surface area contributed by atoms with Gasteiger partial charge in [-0.05, 0) is 102 Å². The zero-order valence-electron chi connectivity index (χ0n) is 33.9. The number of carboxylic acid groups (broad SMARTS) is 1. The Morgan fingerprint density at radius 1 is 0.581 bits per heavy atom. The summed E-state index contributed by atoms with van der Waals surface area (Å²) in [5.74, 6) is -2.38. The normalized spacial score (nSPS) is 13.3. The highest BCUT2D eigenvalue weighted by atomic mass is 19.1. The maximum atomic E-state index is 14.1. The fourth-order valence-corrected chi connectivity index (χ4v) is 7.18. The molecule has 0 unspecified atom stereocenters. The molecule has 0 atom stereocenters. The zero-order chi connectivity index (χ0) is 43.6. The summed E-state index contributed by atoms with van der Waals surface area (Å²) >= 11 is 0. The van der Waals surface area contributed by atoms with E-state index >= 15 is 0 Å². The summed E-state index contributed by atoms with van der Waals surface area (Å²) in [4.78, 5) is 51.4. The molecular weight excluding hydrogens is 803 g/mol. The van der Waals surface area contributed by atoms with Crippen LogP contribution < -0.4 is 0 Å². The number of nitrogens with zero attached hydrogens (tertiary/aromatic N) is 6. The van der Waals surface area contributed by atoms with Gasteiger partial charge in [0, 0.05) is 26.2 Å². The van der Waals surface area contributed by atoms with Gasteiger partial charge in [0.15, 0.2) is 11.4 Å². The lowest BCUT2D eigenvalue weighted by atomic mass is 10.0. The lowest BCUT2D eigenvalue weighted by Gasteiger charge is -2.19. The molecule has 4 heterocycles. The number of benzene rings is 4. The average molecular weight is 847 g/mol. The van der Waals surface area contributed by atoms with E-state index in [1.54, 1.807) is 33.3 Å². The minimum atomic E-state index is -1.11. The minimum Gasteiger partial charge on any atom is -0.476 e. The standard InChI is InChI=1S/C24H24FN3O4.C22H20FN3O4/c1-2-31-23(29)22-14-21-15-27(9-6-10-28(21)26-22)24(30)32-16-17-11-19(13-20(25)12-17)18-7-4-3-5-8-18;23-18-10-15(9-17(11-18)16-5-2-1-3-6-16)14-30-22(29)25-7-4-8-26-19(13-25)12-20(24-26)21(27)28/h3-5,7-8,11-14H,2,6,9-10,15-16H2,1H3;1-3,5-6,9-12H,4,7-8,13-14H2,(H,27,28). The molecule has 62 heavy (non-hydrogen) atoms. The first kappa shape index (κ1) is 42.8. The number of ether oxygens (including phenoxy) is 3. The first-order chi connectivity index (χ1) is 30.0. The second kappa shape index (κ2) is 19.8. The number of hydrogen-bond acceptors (Lipinski definition) is 9. The number of carboxylic acids is 1. The van der Waals surface area contributed by atoms with E-state index in [9.17, 15) is 28.0 Å². The summed E-state index contributed by atoms with van der Waals surface area (Å²) in [5.41, 5.74) is 5.87. The van der Waals surface area contributed by atoms with E-state index in [1.807, 2.05) is 66.7 Å². The van der Waals surface area contributed by atoms with Crippen LogP contribution in [-0.4, -0.2) is 78.3 Å². The SMILES string of the molecule is CCOC(=O)c1cc2n(n1)CCCN(C(=O)OCc1cc(F)cc(-c3ccccc3)c1)C2.O=C(O)c1cc2n(n1)CCCN(C(=O)OCc1cc(F)cc(-c3ccccc3)c1)C2. The van der Waals surface area contributed by atoms with E-state index in [0.717, 1.165) is 22.4 Å². The van der Waals surface area contributed by atoms with Crippen LogP contribution in [0.25, 0.3) is 22.3 Å². The molecule has 2 aliphatic heterocycles. The number of aryl methyl sites for hydroxylation is 2. The van der Waals surface area contributed by atoms with Crippen molar-refractivity contribution in [2.75, 3.05) is 19.7 Å². The largest absolute Gasteiger partial charge is 0.476 e. The predicted molar refractivity (Wildman–Crippen MR) is 221 cm³/mol. The summed E-state index contributed by atoms with van der Waals surface area (Å²) in [6.45, 7) is 4.44. The van der Waals surface area contributed by atoms with Crippen LogP contribution in [0, 0.1) is 11.6 Å². The highest BCUT2D eigenvalue weighted by molar-refractivity contribution is 5.87. The maximum Gasteiger partial charge on any atom is 0.410 e. The van der Waals surface area contributed by atoms with Crippen LogP contribution in [0.1, 0.15) is 63.3 Å². The number of carbonyl (C=O) groups is 4. The number of hydrogen-bond donors (Lipinski definition) is 1. The van der Waals surface area contributed by atoms with Crippen LogP contribution in [0.5, 0.6) is 0 Å². The van der Waals surface area contributed by atoms with E-state index < -0.39 is 29.9 Å². The van der Waals surface area contributed by atoms with Crippen LogP contribution >= 0.6 is 0 Å². The fraction of sp³-hybridized carbons (Fsp3) is 0.261. The van der Waals surface area contributed by atoms with Crippen molar-refractivity contribution in [2.45, 2.75) is 59.2 Å². The molecule has 4 aromatic carbocycles. The molecule has 0 aliphatic carbocycles. The Morgan fingerprint density at radius 2 is 1.03 bits per heavy atom. The molecule has 0 bridgehead atoms. The fourth-order valence-electron chi connectivity index (χ4n) is 7.18. The molecule has 2 aliphatic rings. The third-order valence-electron chi connectivity index (χ3n) is 10.1. The molecule has 0 saturated heterocycles. The van der Waals surface area contributed by atoms with Crippen molar-refractivity contribution < 1.29 is 47.3 Å². The van der Waals surface area contributed by atoms with Gasteiger partial charge in [0.2, 0.25) is 0 Å². The Morgan fingerprint density at radius 3 is 1.48 bits per heavy atom. The molecule has 1 N–H and O–H groups in total.